The zero-order valence-electron chi connectivity index (χ0n) is 14.7. The van der Waals surface area contributed by atoms with Crippen molar-refractivity contribution in [2.45, 2.75) is 46.0 Å². The molecule has 0 heterocycles. The Labute approximate surface area is 148 Å². The molecule has 0 radical (unpaired) electrons. The minimum absolute atomic E-state index is 0.184. The number of halogens is 1. The number of rotatable bonds is 3. The van der Waals surface area contributed by atoms with Gasteiger partial charge in [0.15, 0.2) is 0 Å². The fourth-order valence-electron chi connectivity index (χ4n) is 2.36. The van der Waals surface area contributed by atoms with E-state index in [1.807, 2.05) is 12.1 Å². The first-order chi connectivity index (χ1) is 11.1. The number of hydrogen-bond acceptors (Lipinski definition) is 4. The summed E-state index contributed by atoms with van der Waals surface area (Å²) in [5, 5.41) is 23.3. The Hall–Kier alpha value is -2.07. The van der Waals surface area contributed by atoms with Crippen molar-refractivity contribution in [2.75, 3.05) is 5.43 Å². The summed E-state index contributed by atoms with van der Waals surface area (Å²) in [5.74, 6) is 0.509. The highest BCUT2D eigenvalue weighted by Gasteiger charge is 2.22. The van der Waals surface area contributed by atoms with Crippen molar-refractivity contribution < 1.29 is 5.11 Å². The SMILES string of the molecule is CC(C)c1cc(N/N=C2/C=C(Cl)C=CC2=N)c(O)c(C(C)(C)C)c1. The van der Waals surface area contributed by atoms with Gasteiger partial charge < -0.3 is 5.11 Å². The number of nitrogens with one attached hydrogen (secondary N) is 2. The molecule has 0 saturated carbocycles. The topological polar surface area (TPSA) is 68.5 Å². The Bertz CT molecular complexity index is 753. The minimum atomic E-state index is -0.192. The molecule has 0 bridgehead atoms. The van der Waals surface area contributed by atoms with E-state index in [2.05, 4.69) is 45.1 Å². The summed E-state index contributed by atoms with van der Waals surface area (Å²) in [4.78, 5) is 0. The van der Waals surface area contributed by atoms with Crippen LogP contribution in [-0.2, 0) is 5.41 Å². The van der Waals surface area contributed by atoms with Crippen LogP contribution in [0.2, 0.25) is 0 Å². The fraction of sp³-hybridized carbons (Fsp3) is 0.368. The second-order valence-corrected chi connectivity index (χ2v) is 7.69. The predicted octanol–water partition coefficient (Wildman–Crippen LogP) is 5.29. The van der Waals surface area contributed by atoms with Crippen molar-refractivity contribution in [1.29, 1.82) is 5.41 Å². The normalized spacial score (nSPS) is 16.7. The smallest absolute Gasteiger partial charge is 0.144 e. The molecule has 0 saturated heterocycles. The van der Waals surface area contributed by atoms with Gasteiger partial charge in [-0.2, -0.15) is 5.10 Å². The number of hydrogen-bond donors (Lipinski definition) is 3. The van der Waals surface area contributed by atoms with Gasteiger partial charge in [-0.25, -0.2) is 0 Å². The van der Waals surface area contributed by atoms with E-state index in [0.29, 0.717) is 22.3 Å². The first kappa shape index (κ1) is 18.3. The second kappa shape index (κ2) is 6.81. The molecule has 4 nitrogen and oxygen atoms in total. The molecule has 1 aromatic carbocycles. The molecule has 2 rings (SSSR count). The number of nitrogens with zero attached hydrogens (tertiary/aromatic N) is 1. The number of anilines is 1. The summed E-state index contributed by atoms with van der Waals surface area (Å²) in [6.45, 7) is 10.4. The number of phenols is 1. The van der Waals surface area contributed by atoms with E-state index in [0.717, 1.165) is 11.1 Å². The summed E-state index contributed by atoms with van der Waals surface area (Å²) in [6.07, 6.45) is 4.86. The maximum Gasteiger partial charge on any atom is 0.144 e. The van der Waals surface area contributed by atoms with Crippen molar-refractivity contribution in [3.05, 3.63) is 46.5 Å². The lowest BCUT2D eigenvalue weighted by atomic mass is 9.83. The number of hydrazone groups is 1. The number of aromatic hydroxyl groups is 1. The van der Waals surface area contributed by atoms with Crippen molar-refractivity contribution in [2.24, 2.45) is 5.10 Å². The molecule has 3 N–H and O–H groups in total. The van der Waals surface area contributed by atoms with Crippen LogP contribution in [0.1, 0.15) is 51.7 Å². The van der Waals surface area contributed by atoms with Crippen LogP contribution in [0, 0.1) is 5.41 Å². The van der Waals surface area contributed by atoms with Crippen molar-refractivity contribution >= 4 is 28.7 Å². The quantitative estimate of drug-likeness (QED) is 0.395. The molecular weight excluding hydrogens is 322 g/mol. The standard InChI is InChI=1S/C19H24ClN3O/c1-11(2)12-8-14(19(3,4)5)18(24)17(9-12)23-22-16-10-13(20)6-7-15(16)21/h6-11,21,23-24H,1-5H3/b21-15?,22-16-. The molecule has 128 valence electrons. The number of allylic oxidation sites excluding steroid dienone is 4. The van der Waals surface area contributed by atoms with Gasteiger partial charge >= 0.3 is 0 Å². The molecule has 1 aliphatic carbocycles. The monoisotopic (exact) mass is 345 g/mol. The Morgan fingerprint density at radius 1 is 1.21 bits per heavy atom. The molecule has 1 aromatic rings. The van der Waals surface area contributed by atoms with Gasteiger partial charge in [0.2, 0.25) is 0 Å². The van der Waals surface area contributed by atoms with Crippen LogP contribution in [0.15, 0.2) is 40.5 Å². The lowest BCUT2D eigenvalue weighted by molar-refractivity contribution is 0.448. The largest absolute Gasteiger partial charge is 0.505 e. The third-order valence-corrected chi connectivity index (χ3v) is 4.10. The third-order valence-electron chi connectivity index (χ3n) is 3.86. The van der Waals surface area contributed by atoms with E-state index in [9.17, 15) is 5.11 Å². The van der Waals surface area contributed by atoms with Gasteiger partial charge in [0.1, 0.15) is 11.5 Å². The van der Waals surface area contributed by atoms with Crippen molar-refractivity contribution in [1.82, 2.24) is 0 Å². The van der Waals surface area contributed by atoms with Gasteiger partial charge in [0.05, 0.1) is 11.4 Å². The highest BCUT2D eigenvalue weighted by molar-refractivity contribution is 6.52. The van der Waals surface area contributed by atoms with Crippen LogP contribution in [0.5, 0.6) is 5.75 Å². The fourth-order valence-corrected chi connectivity index (χ4v) is 2.53. The third kappa shape index (κ3) is 4.06. The molecule has 1 aliphatic rings. The molecule has 0 amide bonds. The van der Waals surface area contributed by atoms with Crippen LogP contribution < -0.4 is 5.43 Å². The number of benzene rings is 1. The lowest BCUT2D eigenvalue weighted by Gasteiger charge is -2.24. The van der Waals surface area contributed by atoms with E-state index < -0.39 is 0 Å². The molecule has 0 aliphatic heterocycles. The van der Waals surface area contributed by atoms with Crippen LogP contribution in [0.25, 0.3) is 0 Å². The maximum absolute atomic E-state index is 10.6. The molecular formula is C19H24ClN3O. The van der Waals surface area contributed by atoms with Crippen LogP contribution in [0.3, 0.4) is 0 Å². The van der Waals surface area contributed by atoms with Crippen LogP contribution in [-0.4, -0.2) is 16.5 Å². The van der Waals surface area contributed by atoms with Crippen molar-refractivity contribution in [3.8, 4) is 5.75 Å². The predicted molar refractivity (Wildman–Crippen MR) is 103 cm³/mol. The average Bonchev–Trinajstić information content (AvgIpc) is 2.47. The van der Waals surface area contributed by atoms with Gasteiger partial charge in [-0.3, -0.25) is 10.8 Å². The lowest BCUT2D eigenvalue weighted by Crippen LogP contribution is -2.15. The average molecular weight is 346 g/mol. The molecule has 0 fully saturated rings. The van der Waals surface area contributed by atoms with Gasteiger partial charge in [-0.05, 0) is 41.2 Å². The Balaban J connectivity index is 2.45. The highest BCUT2D eigenvalue weighted by Crippen LogP contribution is 2.39. The molecule has 5 heteroatoms. The first-order valence-electron chi connectivity index (χ1n) is 7.95. The summed E-state index contributed by atoms with van der Waals surface area (Å²) in [6, 6.07) is 3.94. The van der Waals surface area contributed by atoms with Gasteiger partial charge in [0, 0.05) is 10.6 Å². The zero-order chi connectivity index (χ0) is 18.1. The van der Waals surface area contributed by atoms with Crippen LogP contribution in [0.4, 0.5) is 5.69 Å². The molecule has 0 unspecified atom stereocenters. The summed E-state index contributed by atoms with van der Waals surface area (Å²) in [7, 11) is 0. The van der Waals surface area contributed by atoms with E-state index in [1.54, 1.807) is 18.2 Å². The maximum atomic E-state index is 10.6. The van der Waals surface area contributed by atoms with Gasteiger partial charge in [-0.1, -0.05) is 52.3 Å². The summed E-state index contributed by atoms with van der Waals surface area (Å²) in [5.41, 5.74) is 5.92. The summed E-state index contributed by atoms with van der Waals surface area (Å²) >= 11 is 5.96. The zero-order valence-corrected chi connectivity index (χ0v) is 15.5. The van der Waals surface area contributed by atoms with E-state index >= 15 is 0 Å². The minimum Gasteiger partial charge on any atom is -0.505 e. The van der Waals surface area contributed by atoms with E-state index in [1.165, 1.54) is 0 Å². The number of phenolic OH excluding ortho intramolecular Hbond substituents is 1. The second-order valence-electron chi connectivity index (χ2n) is 7.25. The first-order valence-corrected chi connectivity index (χ1v) is 8.32. The molecule has 24 heavy (non-hydrogen) atoms. The Morgan fingerprint density at radius 2 is 1.88 bits per heavy atom. The van der Waals surface area contributed by atoms with E-state index in [-0.39, 0.29) is 16.9 Å². The Kier molecular flexibility index (Phi) is 5.19. The molecule has 0 aromatic heterocycles. The van der Waals surface area contributed by atoms with Gasteiger partial charge in [-0.15, -0.1) is 0 Å². The van der Waals surface area contributed by atoms with Gasteiger partial charge in [0.25, 0.3) is 0 Å². The highest BCUT2D eigenvalue weighted by atomic mass is 35.5. The molecule has 0 atom stereocenters. The molecule has 0 spiro atoms. The van der Waals surface area contributed by atoms with Crippen molar-refractivity contribution in [3.63, 3.8) is 0 Å². The summed E-state index contributed by atoms with van der Waals surface area (Å²) < 4.78 is 0. The Morgan fingerprint density at radius 3 is 2.46 bits per heavy atom. The van der Waals surface area contributed by atoms with Crippen LogP contribution >= 0.6 is 11.6 Å². The van der Waals surface area contributed by atoms with E-state index in [4.69, 9.17) is 17.0 Å².